The molecule has 0 radical (unpaired) electrons. The predicted octanol–water partition coefficient (Wildman–Crippen LogP) is 4.05. The van der Waals surface area contributed by atoms with Gasteiger partial charge in [0.25, 0.3) is 0 Å². The van der Waals surface area contributed by atoms with Crippen LogP contribution in [0.1, 0.15) is 37.3 Å². The van der Waals surface area contributed by atoms with Gasteiger partial charge in [0.2, 0.25) is 11.9 Å². The molecule has 3 aromatic rings. The van der Waals surface area contributed by atoms with Crippen LogP contribution in [-0.4, -0.2) is 98.3 Å². The Bertz CT molecular complexity index is 1680. The van der Waals surface area contributed by atoms with Crippen LogP contribution in [-0.2, 0) is 19.4 Å². The number of carbonyl (C=O) groups excluding carboxylic acids is 1. The van der Waals surface area contributed by atoms with E-state index < -0.39 is 22.1 Å². The molecule has 3 atom stereocenters. The third kappa shape index (κ3) is 6.74. The smallest absolute Gasteiger partial charge is 0.246 e. The first-order chi connectivity index (χ1) is 21.6. The van der Waals surface area contributed by atoms with Gasteiger partial charge in [0.05, 0.1) is 24.4 Å². The number of hydrogen-bond acceptors (Lipinski definition) is 10. The van der Waals surface area contributed by atoms with Gasteiger partial charge in [-0.3, -0.25) is 4.79 Å². The van der Waals surface area contributed by atoms with E-state index in [1.165, 1.54) is 19.4 Å². The monoisotopic (exact) mass is 637 g/mol. The maximum absolute atomic E-state index is 14.6. The van der Waals surface area contributed by atoms with Crippen LogP contribution >= 0.6 is 0 Å². The highest BCUT2D eigenvalue weighted by Crippen LogP contribution is 2.41. The Kier molecular flexibility index (Phi) is 8.91. The topological polar surface area (TPSA) is 121 Å². The number of sulfone groups is 1. The first kappa shape index (κ1) is 31.2. The van der Waals surface area contributed by atoms with Crippen molar-refractivity contribution in [3.8, 4) is 0 Å². The molecule has 1 N–H and O–H groups in total. The summed E-state index contributed by atoms with van der Waals surface area (Å²) in [4.78, 5) is 32.5. The van der Waals surface area contributed by atoms with Crippen LogP contribution in [0.5, 0.6) is 0 Å². The molecule has 2 aromatic heterocycles. The van der Waals surface area contributed by atoms with Gasteiger partial charge in [0.15, 0.2) is 0 Å². The molecule has 0 unspecified atom stereocenters. The molecule has 3 aliphatic heterocycles. The van der Waals surface area contributed by atoms with Gasteiger partial charge in [-0.05, 0) is 60.9 Å². The number of rotatable bonds is 9. The van der Waals surface area contributed by atoms with E-state index in [1.54, 1.807) is 12.3 Å². The summed E-state index contributed by atoms with van der Waals surface area (Å²) in [5, 5.41) is 5.20. The van der Waals surface area contributed by atoms with Crippen LogP contribution in [0, 0.1) is 5.92 Å². The Morgan fingerprint density at radius 3 is 2.64 bits per heavy atom. The second kappa shape index (κ2) is 12.9. The summed E-state index contributed by atoms with van der Waals surface area (Å²) in [6.45, 7) is 6.44. The van der Waals surface area contributed by atoms with Gasteiger partial charge in [0, 0.05) is 68.9 Å². The van der Waals surface area contributed by atoms with Crippen molar-refractivity contribution < 1.29 is 22.3 Å². The zero-order valence-electron chi connectivity index (χ0n) is 25.7. The highest BCUT2D eigenvalue weighted by atomic mass is 32.2. The Hall–Kier alpha value is -3.84. The number of hydrogen-bond donors (Lipinski definition) is 1. The number of ether oxygens (including phenoxy) is 1. The van der Waals surface area contributed by atoms with Crippen LogP contribution in [0.25, 0.3) is 10.8 Å². The van der Waals surface area contributed by atoms with Gasteiger partial charge in [-0.2, -0.15) is 4.98 Å². The highest BCUT2D eigenvalue weighted by Gasteiger charge is 2.33. The third-order valence-electron chi connectivity index (χ3n) is 9.03. The Balaban J connectivity index is 1.32. The average Bonchev–Trinajstić information content (AvgIpc) is 3.01. The average molecular weight is 638 g/mol. The van der Waals surface area contributed by atoms with Crippen LogP contribution in [0.3, 0.4) is 0 Å². The van der Waals surface area contributed by atoms with Gasteiger partial charge in [-0.15, -0.1) is 0 Å². The van der Waals surface area contributed by atoms with Crippen LogP contribution in [0.15, 0.2) is 49.3 Å². The zero-order chi connectivity index (χ0) is 31.7. The highest BCUT2D eigenvalue weighted by molar-refractivity contribution is 7.90. The number of piperidine rings is 2. The second-order valence-electron chi connectivity index (χ2n) is 12.3. The van der Waals surface area contributed by atoms with Crippen molar-refractivity contribution in [2.45, 2.75) is 44.0 Å². The molecule has 3 fully saturated rings. The number of aromatic nitrogens is 3. The summed E-state index contributed by atoms with van der Waals surface area (Å²) in [7, 11) is -1.52. The predicted molar refractivity (Wildman–Crippen MR) is 173 cm³/mol. The fourth-order valence-corrected chi connectivity index (χ4v) is 7.92. The molecule has 3 aliphatic rings. The maximum atomic E-state index is 14.6. The number of alkyl halides is 1. The van der Waals surface area contributed by atoms with Gasteiger partial charge < -0.3 is 24.8 Å². The minimum Gasteiger partial charge on any atom is -0.378 e. The van der Waals surface area contributed by atoms with E-state index in [2.05, 4.69) is 38.9 Å². The summed E-state index contributed by atoms with van der Waals surface area (Å²) in [6, 6.07) is 7.77. The fraction of sp³-hybridized carbons (Fsp3) is 0.500. The zero-order valence-corrected chi connectivity index (χ0v) is 26.5. The number of likely N-dealkylation sites (tertiary alicyclic amines) is 1. The molecule has 1 amide bonds. The van der Waals surface area contributed by atoms with Crippen LogP contribution in [0.2, 0.25) is 0 Å². The summed E-state index contributed by atoms with van der Waals surface area (Å²) in [6.07, 6.45) is 7.91. The van der Waals surface area contributed by atoms with E-state index in [4.69, 9.17) is 9.72 Å². The van der Waals surface area contributed by atoms with E-state index in [0.717, 1.165) is 41.3 Å². The summed E-state index contributed by atoms with van der Waals surface area (Å²) < 4.78 is 43.5. The lowest BCUT2D eigenvalue weighted by atomic mass is 9.90. The standard InChI is InChI=1S/C32H40FN7O4S/c1-4-31(41)40-13-6-5-7-27(40)22-8-9-26(39-17-21(18-39)20-45(3,42)43)24-16-35-30(15-23(22)24)36-29-10-12-34-32(37-29)38-14-11-28(44-2)25(33)19-38/h4,8-10,12,15-16,21,25,27-28H,1,5-7,11,13-14,17-20H2,2-3H3,(H,34,35,36,37)/t25-,27+,28+/m0/s1. The number of benzene rings is 1. The first-order valence-corrected chi connectivity index (χ1v) is 17.5. The van der Waals surface area contributed by atoms with Gasteiger partial charge >= 0.3 is 0 Å². The molecule has 0 spiro atoms. The van der Waals surface area contributed by atoms with Crippen molar-refractivity contribution in [3.63, 3.8) is 0 Å². The third-order valence-corrected chi connectivity index (χ3v) is 10.1. The minimum absolute atomic E-state index is 0.0857. The van der Waals surface area contributed by atoms with E-state index >= 15 is 0 Å². The fourth-order valence-electron chi connectivity index (χ4n) is 6.85. The molecular formula is C32H40FN7O4S. The molecule has 11 nitrogen and oxygen atoms in total. The number of nitrogens with one attached hydrogen (secondary N) is 1. The molecule has 0 saturated carbocycles. The molecule has 0 bridgehead atoms. The summed E-state index contributed by atoms with van der Waals surface area (Å²) >= 11 is 0. The molecule has 240 valence electrons. The maximum Gasteiger partial charge on any atom is 0.246 e. The normalized spacial score (nSPS) is 22.7. The molecule has 6 rings (SSSR count). The minimum atomic E-state index is -3.05. The van der Waals surface area contributed by atoms with Gasteiger partial charge in [-0.1, -0.05) is 12.6 Å². The van der Waals surface area contributed by atoms with E-state index in [0.29, 0.717) is 50.2 Å². The number of fused-ring (bicyclic) bond motifs is 1. The van der Waals surface area contributed by atoms with Gasteiger partial charge in [-0.25, -0.2) is 22.8 Å². The quantitative estimate of drug-likeness (QED) is 0.344. The molecular weight excluding hydrogens is 597 g/mol. The number of halogens is 1. The number of carbonyl (C=O) groups is 1. The molecule has 3 saturated heterocycles. The number of nitrogens with zero attached hydrogens (tertiary/aromatic N) is 6. The van der Waals surface area contributed by atoms with Gasteiger partial charge in [0.1, 0.15) is 27.6 Å². The van der Waals surface area contributed by atoms with Crippen molar-refractivity contribution >= 4 is 49.8 Å². The van der Waals surface area contributed by atoms with E-state index in [9.17, 15) is 17.6 Å². The van der Waals surface area contributed by atoms with Crippen LogP contribution < -0.4 is 15.1 Å². The van der Waals surface area contributed by atoms with E-state index in [-0.39, 0.29) is 30.2 Å². The van der Waals surface area contributed by atoms with Crippen molar-refractivity contribution in [2.75, 3.05) is 67.0 Å². The Labute approximate surface area is 263 Å². The number of pyridine rings is 1. The molecule has 5 heterocycles. The number of anilines is 4. The first-order valence-electron chi connectivity index (χ1n) is 15.4. The summed E-state index contributed by atoms with van der Waals surface area (Å²) in [5.74, 6) is 1.70. The van der Waals surface area contributed by atoms with Crippen molar-refractivity contribution in [2.24, 2.45) is 5.92 Å². The molecule has 1 aromatic carbocycles. The van der Waals surface area contributed by atoms with Crippen LogP contribution in [0.4, 0.5) is 27.7 Å². The number of amides is 1. The van der Waals surface area contributed by atoms with Crippen molar-refractivity contribution in [1.82, 2.24) is 19.9 Å². The Morgan fingerprint density at radius 2 is 1.91 bits per heavy atom. The Morgan fingerprint density at radius 1 is 1.09 bits per heavy atom. The lowest BCUT2D eigenvalue weighted by Crippen LogP contribution is -2.49. The second-order valence-corrected chi connectivity index (χ2v) is 14.5. The van der Waals surface area contributed by atoms with Crippen molar-refractivity contribution in [3.05, 3.63) is 54.9 Å². The lowest BCUT2D eigenvalue weighted by Gasteiger charge is -2.42. The van der Waals surface area contributed by atoms with E-state index in [1.807, 2.05) is 22.1 Å². The largest absolute Gasteiger partial charge is 0.378 e. The molecule has 45 heavy (non-hydrogen) atoms. The lowest BCUT2D eigenvalue weighted by molar-refractivity contribution is -0.129. The SMILES string of the molecule is C=CC(=O)N1CCCC[C@@H]1c1ccc(N2CC(CS(C)(=O)=O)C2)c2cnc(Nc3ccnc(N4CC[C@@H](OC)[C@@H](F)C4)n3)cc12. The summed E-state index contributed by atoms with van der Waals surface area (Å²) in [5.41, 5.74) is 2.01. The van der Waals surface area contributed by atoms with Crippen molar-refractivity contribution in [1.29, 1.82) is 0 Å². The number of methoxy groups -OCH3 is 1. The molecule has 0 aliphatic carbocycles. The molecule has 13 heteroatoms.